The van der Waals surface area contributed by atoms with Gasteiger partial charge in [0.2, 0.25) is 5.91 Å². The Kier molecular flexibility index (Phi) is 12.0. The van der Waals surface area contributed by atoms with Crippen molar-refractivity contribution in [3.05, 3.63) is 121 Å². The van der Waals surface area contributed by atoms with Gasteiger partial charge >= 0.3 is 12.2 Å². The first-order chi connectivity index (χ1) is 30.3. The predicted octanol–water partition coefficient (Wildman–Crippen LogP) is 8.34. The highest BCUT2D eigenvalue weighted by Crippen LogP contribution is 2.42. The van der Waals surface area contributed by atoms with Gasteiger partial charge in [-0.2, -0.15) is 0 Å². The first-order valence-corrected chi connectivity index (χ1v) is 20.8. The number of imidazole rings is 2. The normalized spacial score (nSPS) is 18.0. The van der Waals surface area contributed by atoms with E-state index >= 15 is 8.78 Å². The van der Waals surface area contributed by atoms with E-state index in [0.29, 0.717) is 23.6 Å². The van der Waals surface area contributed by atoms with Crippen molar-refractivity contribution in [2.24, 2.45) is 5.92 Å². The number of halogens is 2. The van der Waals surface area contributed by atoms with Gasteiger partial charge in [-0.1, -0.05) is 92.7 Å². The lowest BCUT2D eigenvalue weighted by molar-refractivity contribution is -0.136. The monoisotopic (exact) mass is 858 g/mol. The van der Waals surface area contributed by atoms with E-state index in [9.17, 15) is 19.2 Å². The van der Waals surface area contributed by atoms with Crippen LogP contribution in [-0.2, 0) is 19.1 Å². The number of benzene rings is 4. The molecular formula is C47H48F2N8O6. The second-order valence-electron chi connectivity index (χ2n) is 16.3. The summed E-state index contributed by atoms with van der Waals surface area (Å²) < 4.78 is 39.5. The standard InChI is InChI=1S/C47H48F2N8O6/c1-27(2)39(54-45(60)62-3)43(58)56-20-8-11-37(56)41-50-25-36(53-41)34-19-18-32-21-31(16-17-33(32)22-34)28-12-14-29(15-13-28)35-24-51-42(52-35)38-23-47(48,49)26-57(38)44(59)40(55-46(61)63-4)30-9-6-5-7-10-30/h5-7,9-10,12-19,21-22,24-25,27,37-40H,8,11,20,23,26H2,1-4H3,(H,50,53)(H,51,52)(H,54,60)(H,55,61)/t37-,38-,39?,40+/m0/s1. The third kappa shape index (κ3) is 8.97. The van der Waals surface area contributed by atoms with Gasteiger partial charge in [0.05, 0.1) is 56.6 Å². The van der Waals surface area contributed by atoms with E-state index in [0.717, 1.165) is 56.5 Å². The Hall–Kier alpha value is -7.10. The molecule has 0 spiro atoms. The first kappa shape index (κ1) is 42.6. The minimum Gasteiger partial charge on any atom is -0.453 e. The van der Waals surface area contributed by atoms with E-state index in [4.69, 9.17) is 9.47 Å². The number of nitrogens with one attached hydrogen (secondary N) is 4. The van der Waals surface area contributed by atoms with E-state index in [1.54, 1.807) is 47.6 Å². The summed E-state index contributed by atoms with van der Waals surface area (Å²) in [5.41, 5.74) is 5.55. The Morgan fingerprint density at radius 3 is 1.94 bits per heavy atom. The molecular weight excluding hydrogens is 811 g/mol. The number of amides is 4. The van der Waals surface area contributed by atoms with Gasteiger partial charge in [0.1, 0.15) is 23.7 Å². The summed E-state index contributed by atoms with van der Waals surface area (Å²) in [5, 5.41) is 7.25. The molecule has 0 bridgehead atoms. The smallest absolute Gasteiger partial charge is 0.407 e. The summed E-state index contributed by atoms with van der Waals surface area (Å²) in [7, 11) is 2.44. The molecule has 4 aromatic carbocycles. The molecule has 4 heterocycles. The molecule has 2 aromatic heterocycles. The van der Waals surface area contributed by atoms with Crippen LogP contribution in [0, 0.1) is 5.92 Å². The molecule has 8 rings (SSSR count). The van der Waals surface area contributed by atoms with Gasteiger partial charge in [0, 0.05) is 18.5 Å². The lowest BCUT2D eigenvalue weighted by atomic mass is 9.98. The summed E-state index contributed by atoms with van der Waals surface area (Å²) in [6.45, 7) is 3.51. The van der Waals surface area contributed by atoms with Gasteiger partial charge in [0.25, 0.3) is 11.8 Å². The zero-order valence-corrected chi connectivity index (χ0v) is 35.2. The van der Waals surface area contributed by atoms with Crippen LogP contribution in [0.1, 0.15) is 68.4 Å². The van der Waals surface area contributed by atoms with E-state index < -0.39 is 55.1 Å². The number of rotatable bonds is 11. The summed E-state index contributed by atoms with van der Waals surface area (Å²) in [4.78, 5) is 70.3. The number of hydrogen-bond acceptors (Lipinski definition) is 8. The maximum atomic E-state index is 15.0. The Morgan fingerprint density at radius 2 is 1.29 bits per heavy atom. The van der Waals surface area contributed by atoms with Crippen molar-refractivity contribution in [2.45, 2.75) is 63.2 Å². The molecule has 2 fully saturated rings. The van der Waals surface area contributed by atoms with E-state index in [-0.39, 0.29) is 23.7 Å². The number of likely N-dealkylation sites (tertiary alicyclic amines) is 2. The number of carbonyl (C=O) groups excluding carboxylic acids is 4. The molecule has 1 unspecified atom stereocenters. The number of aromatic amines is 2. The first-order valence-electron chi connectivity index (χ1n) is 20.8. The summed E-state index contributed by atoms with van der Waals surface area (Å²) in [5.74, 6) is -3.26. The van der Waals surface area contributed by atoms with Gasteiger partial charge in [-0.3, -0.25) is 9.59 Å². The van der Waals surface area contributed by atoms with Gasteiger partial charge in [-0.25, -0.2) is 28.3 Å². The number of aromatic nitrogens is 4. The van der Waals surface area contributed by atoms with Crippen molar-refractivity contribution in [2.75, 3.05) is 27.3 Å². The highest BCUT2D eigenvalue weighted by Gasteiger charge is 2.50. The fraction of sp³-hybridized carbons (Fsp3) is 0.319. The molecule has 2 saturated heterocycles. The van der Waals surface area contributed by atoms with Crippen LogP contribution < -0.4 is 10.6 Å². The van der Waals surface area contributed by atoms with E-state index in [2.05, 4.69) is 54.8 Å². The third-order valence-electron chi connectivity index (χ3n) is 11.8. The maximum Gasteiger partial charge on any atom is 0.407 e. The molecule has 2 aliphatic rings. The number of fused-ring (bicyclic) bond motifs is 1. The van der Waals surface area contributed by atoms with Crippen LogP contribution in [0.25, 0.3) is 44.4 Å². The zero-order valence-electron chi connectivity index (χ0n) is 35.2. The SMILES string of the molecule is COC(=O)NC(C(=O)N1CCC[C@H]1c1ncc(-c2ccc3cc(-c4ccc(-c5cnc([C@@H]6CC(F)(F)CN6C(=O)[C@H](NC(=O)OC)c6ccccc6)[nH]5)cc4)ccc3c2)[nH]1)C(C)C. The highest BCUT2D eigenvalue weighted by molar-refractivity contribution is 5.91. The number of carbonyl (C=O) groups is 4. The molecule has 16 heteroatoms. The van der Waals surface area contributed by atoms with Crippen molar-refractivity contribution < 1.29 is 37.4 Å². The lowest BCUT2D eigenvalue weighted by Crippen LogP contribution is -2.51. The molecule has 326 valence electrons. The maximum absolute atomic E-state index is 15.0. The number of alkyl halides is 2. The van der Waals surface area contributed by atoms with Crippen molar-refractivity contribution in [3.63, 3.8) is 0 Å². The molecule has 0 radical (unpaired) electrons. The topological polar surface area (TPSA) is 175 Å². The van der Waals surface area contributed by atoms with Crippen LogP contribution in [0.4, 0.5) is 18.4 Å². The highest BCUT2D eigenvalue weighted by atomic mass is 19.3. The average molecular weight is 859 g/mol. The summed E-state index contributed by atoms with van der Waals surface area (Å²) in [6.07, 6.45) is 2.79. The van der Waals surface area contributed by atoms with Crippen LogP contribution in [0.15, 0.2) is 103 Å². The molecule has 6 aromatic rings. The second-order valence-corrected chi connectivity index (χ2v) is 16.3. The molecule has 14 nitrogen and oxygen atoms in total. The Labute approximate surface area is 362 Å². The molecule has 0 aliphatic carbocycles. The van der Waals surface area contributed by atoms with Gasteiger partial charge < -0.3 is 39.9 Å². The minimum atomic E-state index is -3.17. The largest absolute Gasteiger partial charge is 0.453 e. The van der Waals surface area contributed by atoms with Gasteiger partial charge in [0.15, 0.2) is 0 Å². The molecule has 63 heavy (non-hydrogen) atoms. The van der Waals surface area contributed by atoms with Crippen molar-refractivity contribution in [1.29, 1.82) is 0 Å². The van der Waals surface area contributed by atoms with Crippen molar-refractivity contribution in [3.8, 4) is 33.6 Å². The Bertz CT molecular complexity index is 2630. The molecule has 0 saturated carbocycles. The number of H-pyrrole nitrogens is 2. The Balaban J connectivity index is 0.959. The summed E-state index contributed by atoms with van der Waals surface area (Å²) >= 11 is 0. The number of hydrogen-bond donors (Lipinski definition) is 4. The fourth-order valence-electron chi connectivity index (χ4n) is 8.50. The molecule has 4 atom stereocenters. The predicted molar refractivity (Wildman–Crippen MR) is 231 cm³/mol. The zero-order chi connectivity index (χ0) is 44.4. The minimum absolute atomic E-state index is 0.129. The van der Waals surface area contributed by atoms with Crippen LogP contribution in [0.5, 0.6) is 0 Å². The van der Waals surface area contributed by atoms with Crippen molar-refractivity contribution in [1.82, 2.24) is 40.4 Å². The van der Waals surface area contributed by atoms with Gasteiger partial charge in [-0.05, 0) is 63.9 Å². The average Bonchev–Trinajstić information content (AvgIpc) is 4.13. The van der Waals surface area contributed by atoms with Gasteiger partial charge in [-0.15, -0.1) is 0 Å². The second kappa shape index (κ2) is 17.7. The number of nitrogens with zero attached hydrogens (tertiary/aromatic N) is 4. The fourth-order valence-corrected chi connectivity index (χ4v) is 8.50. The quantitative estimate of drug-likeness (QED) is 0.101. The summed E-state index contributed by atoms with van der Waals surface area (Å²) in [6, 6.07) is 25.4. The van der Waals surface area contributed by atoms with Crippen LogP contribution >= 0.6 is 0 Å². The van der Waals surface area contributed by atoms with E-state index in [1.807, 2.05) is 50.2 Å². The van der Waals surface area contributed by atoms with Crippen LogP contribution in [-0.4, -0.2) is 93.0 Å². The number of methoxy groups -OCH3 is 2. The third-order valence-corrected chi connectivity index (χ3v) is 11.8. The Morgan fingerprint density at radius 1 is 0.714 bits per heavy atom. The molecule has 2 aliphatic heterocycles. The lowest BCUT2D eigenvalue weighted by Gasteiger charge is -2.30. The van der Waals surface area contributed by atoms with Crippen LogP contribution in [0.2, 0.25) is 0 Å². The van der Waals surface area contributed by atoms with Crippen LogP contribution in [0.3, 0.4) is 0 Å². The van der Waals surface area contributed by atoms with E-state index in [1.165, 1.54) is 14.2 Å². The van der Waals surface area contributed by atoms with Crippen molar-refractivity contribution >= 4 is 34.8 Å². The number of alkyl carbamates (subject to hydrolysis) is 2. The molecule has 4 amide bonds. The molecule has 4 N–H and O–H groups in total. The number of ether oxygens (including phenoxy) is 2.